The molecule has 1 amide bonds. The summed E-state index contributed by atoms with van der Waals surface area (Å²) >= 11 is 1.35. The minimum atomic E-state index is -0.279. The molecule has 1 aliphatic rings. The van der Waals surface area contributed by atoms with Gasteiger partial charge in [0, 0.05) is 16.9 Å². The Morgan fingerprint density at radius 2 is 1.93 bits per heavy atom. The van der Waals surface area contributed by atoms with Crippen LogP contribution in [0.25, 0.3) is 11.3 Å². The van der Waals surface area contributed by atoms with E-state index in [-0.39, 0.29) is 18.3 Å². The summed E-state index contributed by atoms with van der Waals surface area (Å²) in [6.45, 7) is 2.14. The Morgan fingerprint density at radius 3 is 2.63 bits per heavy atom. The highest BCUT2D eigenvalue weighted by atomic mass is 32.1. The molecule has 0 bridgehead atoms. The van der Waals surface area contributed by atoms with Crippen LogP contribution in [0.2, 0.25) is 0 Å². The number of benzene rings is 1. The molecular formula is C21H26N2O3S. The van der Waals surface area contributed by atoms with Crippen LogP contribution in [-0.2, 0) is 20.7 Å². The molecule has 2 aromatic rings. The van der Waals surface area contributed by atoms with Gasteiger partial charge in [-0.05, 0) is 25.7 Å². The number of aromatic nitrogens is 1. The fraction of sp³-hybridized carbons (Fsp3) is 0.476. The summed E-state index contributed by atoms with van der Waals surface area (Å²) in [5.41, 5.74) is 1.67. The van der Waals surface area contributed by atoms with E-state index >= 15 is 0 Å². The summed E-state index contributed by atoms with van der Waals surface area (Å²) in [6.07, 6.45) is 6.70. The highest BCUT2D eigenvalue weighted by Crippen LogP contribution is 2.32. The van der Waals surface area contributed by atoms with Gasteiger partial charge in [-0.25, -0.2) is 4.98 Å². The number of ether oxygens (including phenoxy) is 1. The first-order chi connectivity index (χ1) is 13.2. The topological polar surface area (TPSA) is 68.3 Å². The number of nitrogens with zero attached hydrogens (tertiary/aromatic N) is 1. The van der Waals surface area contributed by atoms with Gasteiger partial charge in [0.25, 0.3) is 0 Å². The molecule has 3 rings (SSSR count). The van der Waals surface area contributed by atoms with Gasteiger partial charge in [-0.15, -0.1) is 11.3 Å². The molecule has 0 saturated heterocycles. The average molecular weight is 387 g/mol. The normalized spacial score (nSPS) is 14.7. The van der Waals surface area contributed by atoms with Gasteiger partial charge >= 0.3 is 5.97 Å². The van der Waals surface area contributed by atoms with Gasteiger partial charge in [-0.3, -0.25) is 9.59 Å². The van der Waals surface area contributed by atoms with E-state index in [1.165, 1.54) is 30.6 Å². The first-order valence-corrected chi connectivity index (χ1v) is 10.5. The summed E-state index contributed by atoms with van der Waals surface area (Å²) in [5.74, 6) is 0.211. The third-order valence-corrected chi connectivity index (χ3v) is 5.77. The highest BCUT2D eigenvalue weighted by molar-refractivity contribution is 7.16. The van der Waals surface area contributed by atoms with Gasteiger partial charge < -0.3 is 10.1 Å². The molecule has 1 fully saturated rings. The summed E-state index contributed by atoms with van der Waals surface area (Å²) in [6, 6.07) is 9.72. The molecule has 27 heavy (non-hydrogen) atoms. The van der Waals surface area contributed by atoms with Crippen molar-refractivity contribution in [1.82, 2.24) is 4.98 Å². The van der Waals surface area contributed by atoms with E-state index in [1.807, 2.05) is 30.3 Å². The predicted molar refractivity (Wildman–Crippen MR) is 108 cm³/mol. The van der Waals surface area contributed by atoms with E-state index < -0.39 is 0 Å². The average Bonchev–Trinajstić information content (AvgIpc) is 3.05. The maximum Gasteiger partial charge on any atom is 0.311 e. The standard InChI is InChI=1S/C21H26N2O3S/c1-2-26-19(25)14-17-20(16-11-7-4-8-12-16)23-21(27-17)22-18(24)13-15-9-5-3-6-10-15/h4,7-8,11-12,15H,2-3,5-6,9-10,13-14H2,1H3,(H,22,23,24). The zero-order valence-corrected chi connectivity index (χ0v) is 16.5. The Bertz CT molecular complexity index is 767. The zero-order valence-electron chi connectivity index (χ0n) is 15.7. The molecule has 1 heterocycles. The van der Waals surface area contributed by atoms with E-state index in [1.54, 1.807) is 6.92 Å². The molecule has 0 spiro atoms. The predicted octanol–water partition coefficient (Wildman–Crippen LogP) is 4.82. The van der Waals surface area contributed by atoms with Gasteiger partial charge in [0.05, 0.1) is 18.7 Å². The lowest BCUT2D eigenvalue weighted by Crippen LogP contribution is -2.18. The van der Waals surface area contributed by atoms with Crippen molar-refractivity contribution >= 4 is 28.3 Å². The van der Waals surface area contributed by atoms with Crippen LogP contribution in [0.5, 0.6) is 0 Å². The van der Waals surface area contributed by atoms with Crippen molar-refractivity contribution in [3.05, 3.63) is 35.2 Å². The van der Waals surface area contributed by atoms with E-state index in [0.29, 0.717) is 24.1 Å². The number of rotatable bonds is 7. The number of anilines is 1. The van der Waals surface area contributed by atoms with Crippen molar-refractivity contribution < 1.29 is 14.3 Å². The lowest BCUT2D eigenvalue weighted by Gasteiger charge is -2.20. The van der Waals surface area contributed by atoms with E-state index in [9.17, 15) is 9.59 Å². The van der Waals surface area contributed by atoms with Crippen molar-refractivity contribution in [2.45, 2.75) is 51.9 Å². The summed E-state index contributed by atoms with van der Waals surface area (Å²) in [5, 5.41) is 3.49. The number of esters is 1. The van der Waals surface area contributed by atoms with E-state index in [0.717, 1.165) is 29.0 Å². The van der Waals surface area contributed by atoms with Gasteiger partial charge in [0.1, 0.15) is 0 Å². The number of carbonyl (C=O) groups excluding carboxylic acids is 2. The molecule has 0 aliphatic heterocycles. The second-order valence-electron chi connectivity index (χ2n) is 6.89. The maximum absolute atomic E-state index is 12.4. The van der Waals surface area contributed by atoms with Crippen LogP contribution in [0.4, 0.5) is 5.13 Å². The Labute approximate surface area is 164 Å². The van der Waals surface area contributed by atoms with Crippen LogP contribution in [-0.4, -0.2) is 23.5 Å². The minimum Gasteiger partial charge on any atom is -0.466 e. The van der Waals surface area contributed by atoms with Crippen LogP contribution in [0.3, 0.4) is 0 Å². The fourth-order valence-electron chi connectivity index (χ4n) is 3.51. The van der Waals surface area contributed by atoms with Crippen LogP contribution in [0.15, 0.2) is 30.3 Å². The first kappa shape index (κ1) is 19.5. The van der Waals surface area contributed by atoms with Crippen molar-refractivity contribution in [3.63, 3.8) is 0 Å². The van der Waals surface area contributed by atoms with Gasteiger partial charge in [-0.2, -0.15) is 0 Å². The lowest BCUT2D eigenvalue weighted by molar-refractivity contribution is -0.142. The van der Waals surface area contributed by atoms with Crippen LogP contribution in [0.1, 0.15) is 50.3 Å². The molecule has 1 aliphatic carbocycles. The molecule has 0 radical (unpaired) electrons. The number of hydrogen-bond acceptors (Lipinski definition) is 5. The molecule has 144 valence electrons. The number of carbonyl (C=O) groups is 2. The first-order valence-electron chi connectivity index (χ1n) is 9.66. The van der Waals surface area contributed by atoms with E-state index in [2.05, 4.69) is 10.3 Å². The summed E-state index contributed by atoms with van der Waals surface area (Å²) in [4.78, 5) is 29.8. The number of hydrogen-bond donors (Lipinski definition) is 1. The molecular weight excluding hydrogens is 360 g/mol. The van der Waals surface area contributed by atoms with Crippen molar-refractivity contribution in [2.24, 2.45) is 5.92 Å². The van der Waals surface area contributed by atoms with Crippen molar-refractivity contribution in [2.75, 3.05) is 11.9 Å². The zero-order chi connectivity index (χ0) is 19.1. The third kappa shape index (κ3) is 5.63. The molecule has 0 atom stereocenters. The molecule has 0 unspecified atom stereocenters. The SMILES string of the molecule is CCOC(=O)Cc1sc(NC(=O)CC2CCCCC2)nc1-c1ccccc1. The summed E-state index contributed by atoms with van der Waals surface area (Å²) in [7, 11) is 0. The largest absolute Gasteiger partial charge is 0.466 e. The Balaban J connectivity index is 1.74. The minimum absolute atomic E-state index is 0.0120. The molecule has 1 aromatic heterocycles. The second kappa shape index (κ2) is 9.65. The quantitative estimate of drug-likeness (QED) is 0.693. The highest BCUT2D eigenvalue weighted by Gasteiger charge is 2.20. The van der Waals surface area contributed by atoms with Gasteiger partial charge in [0.15, 0.2) is 5.13 Å². The van der Waals surface area contributed by atoms with Crippen LogP contribution in [0, 0.1) is 5.92 Å². The van der Waals surface area contributed by atoms with Gasteiger partial charge in [-0.1, -0.05) is 49.6 Å². The molecule has 1 saturated carbocycles. The van der Waals surface area contributed by atoms with E-state index in [4.69, 9.17) is 4.74 Å². The smallest absolute Gasteiger partial charge is 0.311 e. The monoisotopic (exact) mass is 386 g/mol. The fourth-order valence-corrected chi connectivity index (χ4v) is 4.50. The second-order valence-corrected chi connectivity index (χ2v) is 7.98. The number of nitrogens with one attached hydrogen (secondary N) is 1. The lowest BCUT2D eigenvalue weighted by atomic mass is 9.87. The maximum atomic E-state index is 12.4. The molecule has 6 heteroatoms. The third-order valence-electron chi connectivity index (χ3n) is 4.80. The van der Waals surface area contributed by atoms with Crippen molar-refractivity contribution in [1.29, 1.82) is 0 Å². The molecule has 5 nitrogen and oxygen atoms in total. The van der Waals surface area contributed by atoms with Gasteiger partial charge in [0.2, 0.25) is 5.91 Å². The number of amides is 1. The molecule has 1 N–H and O–H groups in total. The Hall–Kier alpha value is -2.21. The number of thiazole rings is 1. The Morgan fingerprint density at radius 1 is 1.19 bits per heavy atom. The van der Waals surface area contributed by atoms with Crippen LogP contribution >= 0.6 is 11.3 Å². The summed E-state index contributed by atoms with van der Waals surface area (Å²) < 4.78 is 5.08. The van der Waals surface area contributed by atoms with Crippen molar-refractivity contribution in [3.8, 4) is 11.3 Å². The van der Waals surface area contributed by atoms with Crippen LogP contribution < -0.4 is 5.32 Å². The molecule has 1 aromatic carbocycles. The Kier molecular flexibility index (Phi) is 6.98.